The van der Waals surface area contributed by atoms with Crippen molar-refractivity contribution in [1.29, 1.82) is 0 Å². The standard InChI is InChI=1S/C7H5O.3C4H9.3CO.Cr.Sn/c8-6-7-4-2-1-3-5-7;3*1-3-4-2;3*1-2;;/h1-4,6H;3*1,3-4H2,2H3;;;;;. The summed E-state index contributed by atoms with van der Waals surface area (Å²) in [7, 11) is 0. The Balaban J connectivity index is -0.000000374. The second-order valence-corrected chi connectivity index (χ2v) is 19.4. The first-order valence-electron chi connectivity index (χ1n) is 9.40. The molecule has 1 aromatic rings. The van der Waals surface area contributed by atoms with Crippen molar-refractivity contribution in [3.8, 4) is 0 Å². The molecule has 1 rings (SSSR count). The van der Waals surface area contributed by atoms with Gasteiger partial charge in [0.15, 0.2) is 0 Å². The Morgan fingerprint density at radius 3 is 1.46 bits per heavy atom. The average molecular weight is 531 g/mol. The van der Waals surface area contributed by atoms with Gasteiger partial charge in [0.1, 0.15) is 0 Å². The number of rotatable bonds is 11. The van der Waals surface area contributed by atoms with E-state index >= 15 is 0 Å². The van der Waals surface area contributed by atoms with Crippen LogP contribution in [0.1, 0.15) is 69.7 Å². The van der Waals surface area contributed by atoms with E-state index in [-0.39, 0.29) is 17.4 Å². The topological polar surface area (TPSA) is 76.8 Å². The minimum absolute atomic E-state index is 0. The molecule has 0 radical (unpaired) electrons. The summed E-state index contributed by atoms with van der Waals surface area (Å²) in [6.45, 7) is 20.4. The quantitative estimate of drug-likeness (QED) is 0.162. The molecule has 0 unspecified atom stereocenters. The van der Waals surface area contributed by atoms with E-state index in [9.17, 15) is 4.79 Å². The van der Waals surface area contributed by atoms with Gasteiger partial charge in [-0.25, -0.2) is 0 Å². The molecule has 28 heavy (non-hydrogen) atoms. The Morgan fingerprint density at radius 1 is 0.786 bits per heavy atom. The summed E-state index contributed by atoms with van der Waals surface area (Å²) in [4.78, 5) is 11.5. The van der Waals surface area contributed by atoms with Crippen LogP contribution >= 0.6 is 0 Å². The summed E-state index contributed by atoms with van der Waals surface area (Å²) in [5.74, 6) is 0. The van der Waals surface area contributed by atoms with E-state index in [2.05, 4.69) is 52.9 Å². The zero-order valence-corrected chi connectivity index (χ0v) is 21.4. The SMILES string of the molecule is CCC[CH2][Sn]([CH2]CCC)([CH2]CCC)[c]1ccccc1C=O.[C-]#[O+].[C-]#[O+].[C-]#[O+].[Cr]. The molecule has 0 fully saturated rings. The molecule has 6 heteroatoms. The van der Waals surface area contributed by atoms with Crippen LogP contribution in [0.3, 0.4) is 0 Å². The predicted octanol–water partition coefficient (Wildman–Crippen LogP) is 5.44. The van der Waals surface area contributed by atoms with Gasteiger partial charge in [-0.3, -0.25) is 0 Å². The summed E-state index contributed by atoms with van der Waals surface area (Å²) < 4.78 is 28.3. The molecular formula is C22H32CrO4Sn. The number of carbonyl (C=O) groups excluding carboxylic acids is 1. The molecule has 0 aliphatic heterocycles. The van der Waals surface area contributed by atoms with Crippen molar-refractivity contribution in [3.05, 3.63) is 49.8 Å². The van der Waals surface area contributed by atoms with Crippen molar-refractivity contribution >= 4 is 28.2 Å². The van der Waals surface area contributed by atoms with Crippen molar-refractivity contribution in [2.45, 2.75) is 72.6 Å². The van der Waals surface area contributed by atoms with E-state index in [1.54, 1.807) is 0 Å². The van der Waals surface area contributed by atoms with E-state index in [1.807, 2.05) is 12.1 Å². The van der Waals surface area contributed by atoms with E-state index in [4.69, 9.17) is 14.0 Å². The second kappa shape index (κ2) is 26.4. The zero-order chi connectivity index (χ0) is 21.6. The van der Waals surface area contributed by atoms with Crippen LogP contribution in [0.15, 0.2) is 24.3 Å². The van der Waals surface area contributed by atoms with E-state index in [0.717, 1.165) is 11.8 Å². The van der Waals surface area contributed by atoms with Gasteiger partial charge in [0.2, 0.25) is 0 Å². The number of carbonyl (C=O) groups is 1. The number of unbranched alkanes of at least 4 members (excludes halogenated alkanes) is 3. The number of benzene rings is 1. The Morgan fingerprint density at radius 2 is 1.14 bits per heavy atom. The number of hydrogen-bond acceptors (Lipinski definition) is 1. The maximum Gasteiger partial charge on any atom is 0 e. The van der Waals surface area contributed by atoms with Crippen molar-refractivity contribution < 1.29 is 36.1 Å². The molecule has 0 bridgehead atoms. The number of hydrogen-bond donors (Lipinski definition) is 0. The molecule has 0 amide bonds. The van der Waals surface area contributed by atoms with Crippen molar-refractivity contribution in [2.24, 2.45) is 0 Å². The van der Waals surface area contributed by atoms with Crippen LogP contribution < -0.4 is 3.58 Å². The number of aldehydes is 1. The van der Waals surface area contributed by atoms with Gasteiger partial charge in [-0.1, -0.05) is 0 Å². The van der Waals surface area contributed by atoms with E-state index in [0.29, 0.717) is 0 Å². The van der Waals surface area contributed by atoms with Crippen LogP contribution in [-0.4, -0.2) is 24.7 Å². The van der Waals surface area contributed by atoms with Crippen LogP contribution in [0.4, 0.5) is 0 Å². The van der Waals surface area contributed by atoms with Crippen molar-refractivity contribution in [2.75, 3.05) is 0 Å². The average Bonchev–Trinajstić information content (AvgIpc) is 2.77. The maximum absolute atomic E-state index is 11.5. The van der Waals surface area contributed by atoms with Gasteiger partial charge in [-0.2, -0.15) is 0 Å². The molecule has 0 aliphatic carbocycles. The van der Waals surface area contributed by atoms with Gasteiger partial charge in [0.25, 0.3) is 0 Å². The van der Waals surface area contributed by atoms with Gasteiger partial charge < -0.3 is 0 Å². The summed E-state index contributed by atoms with van der Waals surface area (Å²) in [5.41, 5.74) is 0.997. The third-order valence-corrected chi connectivity index (χ3v) is 20.5. The summed E-state index contributed by atoms with van der Waals surface area (Å²) >= 11 is -2.42. The molecule has 0 spiro atoms. The van der Waals surface area contributed by atoms with Crippen LogP contribution in [0.2, 0.25) is 13.3 Å². The zero-order valence-electron chi connectivity index (χ0n) is 17.3. The van der Waals surface area contributed by atoms with Crippen molar-refractivity contribution in [3.63, 3.8) is 0 Å². The summed E-state index contributed by atoms with van der Waals surface area (Å²) in [6.07, 6.45) is 8.97. The molecule has 154 valence electrons. The fraction of sp³-hybridized carbons (Fsp3) is 0.545. The molecule has 0 saturated carbocycles. The second-order valence-electron chi connectivity index (χ2n) is 6.30. The predicted molar refractivity (Wildman–Crippen MR) is 108 cm³/mol. The molecule has 0 aromatic heterocycles. The molecule has 0 N–H and O–H groups in total. The van der Waals surface area contributed by atoms with Crippen LogP contribution in [0.25, 0.3) is 0 Å². The van der Waals surface area contributed by atoms with Gasteiger partial charge in [0, 0.05) is 17.4 Å². The maximum atomic E-state index is 11.5. The van der Waals surface area contributed by atoms with Crippen LogP contribution in [0.5, 0.6) is 0 Å². The monoisotopic (exact) mass is 532 g/mol. The fourth-order valence-electron chi connectivity index (χ4n) is 3.41. The largest absolute Gasteiger partial charge is 0 e. The normalized spacial score (nSPS) is 8.89. The Labute approximate surface area is 186 Å². The van der Waals surface area contributed by atoms with Crippen molar-refractivity contribution in [1.82, 2.24) is 0 Å². The first-order chi connectivity index (χ1) is 13.2. The molecule has 0 saturated heterocycles. The third kappa shape index (κ3) is 13.6. The summed E-state index contributed by atoms with van der Waals surface area (Å²) in [5, 5.41) is 0. The molecule has 1 aromatic carbocycles. The van der Waals surface area contributed by atoms with Gasteiger partial charge in [-0.15, -0.1) is 0 Å². The molecule has 4 nitrogen and oxygen atoms in total. The first-order valence-corrected chi connectivity index (χ1v) is 16.9. The molecule has 0 atom stereocenters. The van der Waals surface area contributed by atoms with Crippen LogP contribution in [-0.2, 0) is 31.3 Å². The minimum atomic E-state index is -2.42. The van der Waals surface area contributed by atoms with E-state index < -0.39 is 18.4 Å². The molecule has 0 heterocycles. The fourth-order valence-corrected chi connectivity index (χ4v) is 20.1. The smallest absolute Gasteiger partial charge is 0 e. The Bertz CT molecular complexity index is 505. The van der Waals surface area contributed by atoms with Gasteiger partial charge in [0.05, 0.1) is 0 Å². The van der Waals surface area contributed by atoms with E-state index in [1.165, 1.54) is 55.4 Å². The Kier molecular flexibility index (Phi) is 33.0. The van der Waals surface area contributed by atoms with Gasteiger partial charge in [-0.05, 0) is 0 Å². The summed E-state index contributed by atoms with van der Waals surface area (Å²) in [6, 6.07) is 8.50. The third-order valence-electron chi connectivity index (χ3n) is 4.69. The van der Waals surface area contributed by atoms with Crippen LogP contribution in [0, 0.1) is 20.0 Å². The molecule has 0 aliphatic rings. The minimum Gasteiger partial charge on any atom is 0 e. The first kappa shape index (κ1) is 34.9. The Hall–Kier alpha value is -0.559. The van der Waals surface area contributed by atoms with Gasteiger partial charge >= 0.3 is 169 Å². The molecular weight excluding hydrogens is 499 g/mol.